The molecule has 0 aliphatic carbocycles. The molecular formula is C3H10O2S. The van der Waals surface area contributed by atoms with Gasteiger partial charge in [0.05, 0.1) is 0 Å². The summed E-state index contributed by atoms with van der Waals surface area (Å²) in [6.07, 6.45) is 1.44. The van der Waals surface area contributed by atoms with Crippen molar-refractivity contribution < 1.29 is 9.11 Å². The quantitative estimate of drug-likeness (QED) is 0.535. The summed E-state index contributed by atoms with van der Waals surface area (Å²) in [6.45, 7) is 1.75. The molecule has 0 radical (unpaired) electrons. The second-order valence-electron chi connectivity index (χ2n) is 1.28. The van der Waals surface area contributed by atoms with Crippen molar-refractivity contribution in [2.75, 3.05) is 12.0 Å². The summed E-state index contributed by atoms with van der Waals surface area (Å²) in [5, 5.41) is 0. The Bertz CT molecular complexity index is 38.5. The SMILES string of the molecule is CCS(C)(O)O. The fourth-order valence-electron chi connectivity index (χ4n) is 0. The van der Waals surface area contributed by atoms with Crippen LogP contribution in [0.3, 0.4) is 0 Å². The molecule has 0 unspecified atom stereocenters. The lowest BCUT2D eigenvalue weighted by molar-refractivity contribution is 0.497. The third-order valence-corrected chi connectivity index (χ3v) is 1.64. The van der Waals surface area contributed by atoms with Crippen LogP contribution >= 0.6 is 10.6 Å². The van der Waals surface area contributed by atoms with E-state index in [1.807, 2.05) is 0 Å². The Kier molecular flexibility index (Phi) is 1.90. The van der Waals surface area contributed by atoms with E-state index in [0.29, 0.717) is 5.75 Å². The van der Waals surface area contributed by atoms with Gasteiger partial charge in [0.2, 0.25) is 0 Å². The summed E-state index contributed by atoms with van der Waals surface area (Å²) in [6, 6.07) is 0. The molecule has 6 heavy (non-hydrogen) atoms. The van der Waals surface area contributed by atoms with Gasteiger partial charge in [0, 0.05) is 12.0 Å². The maximum atomic E-state index is 8.47. The zero-order valence-electron chi connectivity index (χ0n) is 4.01. The van der Waals surface area contributed by atoms with Crippen LogP contribution in [0.4, 0.5) is 0 Å². The summed E-state index contributed by atoms with van der Waals surface area (Å²) < 4.78 is 16.9. The smallest absolute Gasteiger partial charge is 0.0342 e. The zero-order chi connectivity index (χ0) is 5.21. The molecule has 0 atom stereocenters. The summed E-state index contributed by atoms with van der Waals surface area (Å²) in [5.74, 6) is 0.465. The highest BCUT2D eigenvalue weighted by Crippen LogP contribution is 2.31. The highest BCUT2D eigenvalue weighted by atomic mass is 32.3. The first-order chi connectivity index (χ1) is 2.56. The summed E-state index contributed by atoms with van der Waals surface area (Å²) in [5.41, 5.74) is 0. The van der Waals surface area contributed by atoms with Gasteiger partial charge in [-0.2, -0.15) is 0 Å². The maximum absolute atomic E-state index is 8.47. The van der Waals surface area contributed by atoms with E-state index in [0.717, 1.165) is 0 Å². The first kappa shape index (κ1) is 6.27. The van der Waals surface area contributed by atoms with Gasteiger partial charge < -0.3 is 0 Å². The van der Waals surface area contributed by atoms with Crippen molar-refractivity contribution in [3.05, 3.63) is 0 Å². The molecule has 3 heteroatoms. The van der Waals surface area contributed by atoms with Crippen LogP contribution in [0.2, 0.25) is 0 Å². The van der Waals surface area contributed by atoms with Crippen LogP contribution in [-0.2, 0) is 0 Å². The van der Waals surface area contributed by atoms with Crippen LogP contribution in [0.15, 0.2) is 0 Å². The predicted molar refractivity (Wildman–Crippen MR) is 29.3 cm³/mol. The van der Waals surface area contributed by atoms with Crippen molar-refractivity contribution >= 4 is 10.6 Å². The molecular weight excluding hydrogens is 100 g/mol. The van der Waals surface area contributed by atoms with Gasteiger partial charge >= 0.3 is 0 Å². The number of hydrogen-bond acceptors (Lipinski definition) is 2. The van der Waals surface area contributed by atoms with E-state index in [9.17, 15) is 0 Å². The Labute approximate surface area is 39.5 Å². The molecule has 40 valence electrons. The van der Waals surface area contributed by atoms with Crippen molar-refractivity contribution in [2.45, 2.75) is 6.92 Å². The average Bonchev–Trinajstić information content (AvgIpc) is 1.35. The monoisotopic (exact) mass is 110 g/mol. The topological polar surface area (TPSA) is 40.5 Å². The molecule has 0 aliphatic heterocycles. The third-order valence-electron chi connectivity index (χ3n) is 0.547. The maximum Gasteiger partial charge on any atom is 0.0342 e. The minimum Gasteiger partial charge on any atom is -0.300 e. The van der Waals surface area contributed by atoms with Crippen LogP contribution in [0, 0.1) is 0 Å². The van der Waals surface area contributed by atoms with Crippen molar-refractivity contribution in [1.82, 2.24) is 0 Å². The molecule has 0 bridgehead atoms. The van der Waals surface area contributed by atoms with Crippen molar-refractivity contribution in [2.24, 2.45) is 0 Å². The van der Waals surface area contributed by atoms with Crippen LogP contribution in [-0.4, -0.2) is 21.1 Å². The van der Waals surface area contributed by atoms with E-state index in [2.05, 4.69) is 0 Å². The second kappa shape index (κ2) is 1.82. The Morgan fingerprint density at radius 2 is 1.67 bits per heavy atom. The Morgan fingerprint density at radius 3 is 1.67 bits per heavy atom. The van der Waals surface area contributed by atoms with Crippen molar-refractivity contribution in [3.8, 4) is 0 Å². The minimum atomic E-state index is -2.16. The molecule has 0 aromatic carbocycles. The van der Waals surface area contributed by atoms with Gasteiger partial charge in [0.1, 0.15) is 0 Å². The van der Waals surface area contributed by atoms with Crippen LogP contribution < -0.4 is 0 Å². The van der Waals surface area contributed by atoms with E-state index >= 15 is 0 Å². The van der Waals surface area contributed by atoms with Gasteiger partial charge in [-0.1, -0.05) is 0 Å². The van der Waals surface area contributed by atoms with E-state index in [-0.39, 0.29) is 0 Å². The minimum absolute atomic E-state index is 0.465. The van der Waals surface area contributed by atoms with Gasteiger partial charge in [-0.3, -0.25) is 9.11 Å². The summed E-state index contributed by atoms with van der Waals surface area (Å²) in [4.78, 5) is 0. The highest BCUT2D eigenvalue weighted by molar-refractivity contribution is 8.23. The fourth-order valence-corrected chi connectivity index (χ4v) is 0. The highest BCUT2D eigenvalue weighted by Gasteiger charge is 1.94. The van der Waals surface area contributed by atoms with Crippen LogP contribution in [0.25, 0.3) is 0 Å². The third kappa shape index (κ3) is 4.27. The largest absolute Gasteiger partial charge is 0.300 e. The Hall–Kier alpha value is 0.270. The predicted octanol–water partition coefficient (Wildman–Crippen LogP) is 1.39. The molecule has 0 rings (SSSR count). The normalized spacial score (nSPS) is 14.7. The Morgan fingerprint density at radius 1 is 1.50 bits per heavy atom. The molecule has 0 saturated heterocycles. The molecule has 0 amide bonds. The lowest BCUT2D eigenvalue weighted by atomic mass is 11.0. The van der Waals surface area contributed by atoms with E-state index in [1.165, 1.54) is 6.26 Å². The van der Waals surface area contributed by atoms with Gasteiger partial charge in [-0.05, 0) is 6.92 Å². The molecule has 0 saturated carbocycles. The zero-order valence-corrected chi connectivity index (χ0v) is 4.83. The van der Waals surface area contributed by atoms with E-state index < -0.39 is 10.6 Å². The Balaban J connectivity index is 3.17. The standard InChI is InChI=1S/C3H10O2S/c1-3-6(2,4)5/h4-5H,3H2,1-2H3. The molecule has 0 aromatic rings. The lowest BCUT2D eigenvalue weighted by Gasteiger charge is -2.23. The van der Waals surface area contributed by atoms with Gasteiger partial charge in [-0.15, -0.1) is 0 Å². The van der Waals surface area contributed by atoms with Gasteiger partial charge in [0.15, 0.2) is 0 Å². The first-order valence-corrected chi connectivity index (χ1v) is 3.89. The number of rotatable bonds is 1. The first-order valence-electron chi connectivity index (χ1n) is 1.77. The molecule has 0 heterocycles. The molecule has 0 fully saturated rings. The van der Waals surface area contributed by atoms with Gasteiger partial charge in [-0.25, -0.2) is 10.6 Å². The van der Waals surface area contributed by atoms with Crippen molar-refractivity contribution in [3.63, 3.8) is 0 Å². The lowest BCUT2D eigenvalue weighted by Crippen LogP contribution is -1.94. The summed E-state index contributed by atoms with van der Waals surface area (Å²) >= 11 is 0. The van der Waals surface area contributed by atoms with E-state index in [4.69, 9.17) is 9.11 Å². The molecule has 2 nitrogen and oxygen atoms in total. The van der Waals surface area contributed by atoms with Crippen LogP contribution in [0.5, 0.6) is 0 Å². The molecule has 0 spiro atoms. The second-order valence-corrected chi connectivity index (χ2v) is 3.85. The van der Waals surface area contributed by atoms with Crippen LogP contribution in [0.1, 0.15) is 6.92 Å². The molecule has 2 N–H and O–H groups in total. The van der Waals surface area contributed by atoms with Crippen molar-refractivity contribution in [1.29, 1.82) is 0 Å². The van der Waals surface area contributed by atoms with E-state index in [1.54, 1.807) is 6.92 Å². The molecule has 0 aromatic heterocycles. The fraction of sp³-hybridized carbons (Fsp3) is 1.00. The average molecular weight is 110 g/mol. The number of hydrogen-bond donors (Lipinski definition) is 2. The summed E-state index contributed by atoms with van der Waals surface area (Å²) in [7, 11) is -2.16. The van der Waals surface area contributed by atoms with Gasteiger partial charge in [0.25, 0.3) is 0 Å². The molecule has 0 aliphatic rings.